The second-order valence-electron chi connectivity index (χ2n) is 16.4. The Morgan fingerprint density at radius 3 is 0.853 bits per heavy atom. The minimum Gasteiger partial charge on any atom is -0.488 e. The van der Waals surface area contributed by atoms with E-state index in [1.165, 1.54) is 114 Å². The monoisotopic (exact) mass is 1000 g/mol. The van der Waals surface area contributed by atoms with Gasteiger partial charge in [-0.15, -0.1) is 0 Å². The van der Waals surface area contributed by atoms with Gasteiger partial charge in [0.05, 0.1) is 106 Å². The zero-order valence-corrected chi connectivity index (χ0v) is 43.4. The molecule has 0 amide bonds. The van der Waals surface area contributed by atoms with Gasteiger partial charge in [-0.3, -0.25) is 19.2 Å². The van der Waals surface area contributed by atoms with Crippen molar-refractivity contribution in [1.82, 2.24) is 0 Å². The van der Waals surface area contributed by atoms with Crippen LogP contribution in [0.1, 0.15) is 129 Å². The lowest BCUT2D eigenvalue weighted by Crippen LogP contribution is -2.36. The Hall–Kier alpha value is -2.26. The molecular weight excluding hydrogens is 917 g/mol. The zero-order valence-electron chi connectivity index (χ0n) is 41.8. The van der Waals surface area contributed by atoms with E-state index in [0.717, 1.165) is 26.1 Å². The zero-order chi connectivity index (χ0) is 48.8. The average Bonchev–Trinajstić information content (AvgIpc) is 3.35. The van der Waals surface area contributed by atoms with E-state index in [1.807, 2.05) is 0 Å². The molecule has 0 heterocycles. The van der Waals surface area contributed by atoms with Crippen LogP contribution in [-0.4, -0.2) is 144 Å². The molecule has 2 N–H and O–H groups in total. The van der Waals surface area contributed by atoms with E-state index in [1.54, 1.807) is 13.8 Å². The lowest BCUT2D eigenvalue weighted by atomic mass is 10.1. The lowest BCUT2D eigenvalue weighted by molar-refractivity contribution is -0.00114. The number of ether oxygens (including phenoxy) is 10. The molecule has 0 unspecified atom stereocenters. The molecule has 2 aromatic rings. The summed E-state index contributed by atoms with van der Waals surface area (Å²) in [5.74, 6) is 2.81. The number of rotatable bonds is 55. The van der Waals surface area contributed by atoms with Gasteiger partial charge in [-0.25, -0.2) is 0 Å². The van der Waals surface area contributed by atoms with Gasteiger partial charge in [-0.2, -0.15) is 0 Å². The van der Waals surface area contributed by atoms with Crippen molar-refractivity contribution in [2.45, 2.75) is 129 Å². The maximum Gasteiger partial charge on any atom is 0.272 e. The molecule has 16 nitrogen and oxygen atoms in total. The summed E-state index contributed by atoms with van der Waals surface area (Å²) in [6, 6.07) is 0. The van der Waals surface area contributed by atoms with Crippen molar-refractivity contribution in [3.8, 4) is 11.5 Å². The Kier molecular flexibility index (Phi) is 41.7. The lowest BCUT2D eigenvalue weighted by Gasteiger charge is -2.13. The number of unbranched alkanes of at least 4 members (excludes halogenated alkanes) is 16. The van der Waals surface area contributed by atoms with Crippen molar-refractivity contribution in [1.29, 1.82) is 0 Å². The second kappa shape index (κ2) is 45.9. The van der Waals surface area contributed by atoms with E-state index in [4.69, 9.17) is 47.4 Å². The summed E-state index contributed by atoms with van der Waals surface area (Å²) in [6.45, 7) is 13.6. The van der Waals surface area contributed by atoms with Gasteiger partial charge < -0.3 is 58.0 Å². The summed E-state index contributed by atoms with van der Waals surface area (Å²) in [5, 5.41) is 5.79. The van der Waals surface area contributed by atoms with Crippen LogP contribution >= 0.6 is 21.6 Å². The molecule has 0 aromatic heterocycles. The SMILES string of the molecule is CCOc1c(NCCOCCOCCOCCOCCCCCCCCCCCSSCCCCCCCCCCCOCCOCCOCCOCCNc2c(OCC)c(=O)c2=O)c(=O)c1=O. The van der Waals surface area contributed by atoms with Gasteiger partial charge in [0.2, 0.25) is 0 Å². The Morgan fingerprint density at radius 1 is 0.309 bits per heavy atom. The molecule has 0 aliphatic rings. The van der Waals surface area contributed by atoms with Crippen molar-refractivity contribution in [2.75, 3.05) is 154 Å². The van der Waals surface area contributed by atoms with Crippen LogP contribution in [0.4, 0.5) is 11.4 Å². The summed E-state index contributed by atoms with van der Waals surface area (Å²) < 4.78 is 54.8. The Bertz CT molecular complexity index is 1470. The highest BCUT2D eigenvalue weighted by molar-refractivity contribution is 8.76. The van der Waals surface area contributed by atoms with Gasteiger partial charge in [0.15, 0.2) is 11.5 Å². The number of hydrogen-bond donors (Lipinski definition) is 2. The molecule has 0 fully saturated rings. The van der Waals surface area contributed by atoms with Crippen LogP contribution in [-0.2, 0) is 37.9 Å². The van der Waals surface area contributed by atoms with Crippen molar-refractivity contribution in [3.63, 3.8) is 0 Å². The normalized spacial score (nSPS) is 11.6. The first kappa shape index (κ1) is 61.9. The molecule has 0 aliphatic carbocycles. The number of anilines is 2. The molecule has 68 heavy (non-hydrogen) atoms. The summed E-state index contributed by atoms with van der Waals surface area (Å²) in [7, 11) is 4.14. The number of nitrogens with one attached hydrogen (secondary N) is 2. The quantitative estimate of drug-likeness (QED) is 0.0372. The fourth-order valence-electron chi connectivity index (χ4n) is 6.97. The maximum absolute atomic E-state index is 11.6. The third-order valence-corrected chi connectivity index (χ3v) is 13.3. The van der Waals surface area contributed by atoms with Crippen molar-refractivity contribution >= 4 is 33.0 Å². The van der Waals surface area contributed by atoms with E-state index in [0.29, 0.717) is 119 Å². The summed E-state index contributed by atoms with van der Waals surface area (Å²) in [6.07, 6.45) is 23.5. The van der Waals surface area contributed by atoms with Gasteiger partial charge in [0.25, 0.3) is 21.7 Å². The third kappa shape index (κ3) is 31.9. The van der Waals surface area contributed by atoms with Crippen LogP contribution in [0.25, 0.3) is 0 Å². The highest BCUT2D eigenvalue weighted by Crippen LogP contribution is 2.25. The molecule has 0 bridgehead atoms. The van der Waals surface area contributed by atoms with E-state index in [9.17, 15) is 19.2 Å². The Labute approximate surface area is 414 Å². The molecular formula is C50H88N2O14S2. The largest absolute Gasteiger partial charge is 0.488 e. The van der Waals surface area contributed by atoms with Gasteiger partial charge in [0.1, 0.15) is 11.4 Å². The first-order valence-electron chi connectivity index (χ1n) is 25.8. The van der Waals surface area contributed by atoms with E-state index < -0.39 is 21.7 Å². The molecule has 394 valence electrons. The minimum atomic E-state index is -0.574. The molecule has 0 saturated heterocycles. The van der Waals surface area contributed by atoms with Crippen LogP contribution in [0, 0.1) is 0 Å². The topological polar surface area (TPSA) is 185 Å². The van der Waals surface area contributed by atoms with Crippen molar-refractivity contribution < 1.29 is 47.4 Å². The summed E-state index contributed by atoms with van der Waals surface area (Å²) in [4.78, 5) is 46.0. The smallest absolute Gasteiger partial charge is 0.272 e. The summed E-state index contributed by atoms with van der Waals surface area (Å²) >= 11 is 0. The van der Waals surface area contributed by atoms with Crippen molar-refractivity contribution in [2.24, 2.45) is 0 Å². The molecule has 0 saturated carbocycles. The molecule has 2 rings (SSSR count). The fourth-order valence-corrected chi connectivity index (χ4v) is 9.26. The molecule has 0 spiro atoms. The molecule has 18 heteroatoms. The Morgan fingerprint density at radius 2 is 0.559 bits per heavy atom. The van der Waals surface area contributed by atoms with Gasteiger partial charge in [0, 0.05) is 37.8 Å². The first-order valence-corrected chi connectivity index (χ1v) is 28.3. The second-order valence-corrected chi connectivity index (χ2v) is 19.1. The predicted molar refractivity (Wildman–Crippen MR) is 277 cm³/mol. The van der Waals surface area contributed by atoms with E-state index in [-0.39, 0.29) is 22.9 Å². The summed E-state index contributed by atoms with van der Waals surface area (Å²) in [5.41, 5.74) is -1.74. The third-order valence-electron chi connectivity index (χ3n) is 10.8. The molecule has 0 aliphatic heterocycles. The fraction of sp³-hybridized carbons (Fsp3) is 0.840. The number of hydrogen-bond acceptors (Lipinski definition) is 18. The van der Waals surface area contributed by atoms with E-state index in [2.05, 4.69) is 32.2 Å². The van der Waals surface area contributed by atoms with Crippen LogP contribution in [0.2, 0.25) is 0 Å². The van der Waals surface area contributed by atoms with Crippen molar-refractivity contribution in [3.05, 3.63) is 40.9 Å². The highest BCUT2D eigenvalue weighted by Gasteiger charge is 2.22. The van der Waals surface area contributed by atoms with E-state index >= 15 is 0 Å². The Balaban J connectivity index is 1.13. The predicted octanol–water partition coefficient (Wildman–Crippen LogP) is 7.74. The molecule has 0 radical (unpaired) electrons. The van der Waals surface area contributed by atoms with Gasteiger partial charge in [-0.05, 0) is 39.5 Å². The molecule has 0 atom stereocenters. The van der Waals surface area contributed by atoms with Crippen LogP contribution in [0.15, 0.2) is 19.2 Å². The maximum atomic E-state index is 11.6. The average molecular weight is 1010 g/mol. The molecule has 2 aromatic carbocycles. The van der Waals surface area contributed by atoms with Gasteiger partial charge >= 0.3 is 0 Å². The van der Waals surface area contributed by atoms with Gasteiger partial charge in [-0.1, -0.05) is 111 Å². The minimum absolute atomic E-state index is 0.119. The standard InChI is InChI=1S/C50H88N2O14S2/c1-3-65-49-43(45(53)47(49)55)51-23-27-59-31-35-63-39-37-61-33-29-57-25-19-15-11-7-5-9-13-17-21-41-67-68-42-22-18-14-10-6-8-12-16-20-26-58-30-34-62-38-40-64-36-32-60-28-24-52-44-46(54)48(56)50(44)66-4-2/h51-52H,3-42H2,1-2H3. The van der Waals surface area contributed by atoms with Crippen LogP contribution < -0.4 is 41.8 Å². The highest BCUT2D eigenvalue weighted by atomic mass is 33.1. The first-order chi connectivity index (χ1) is 33.5. The van der Waals surface area contributed by atoms with Crippen LogP contribution in [0.3, 0.4) is 0 Å². The van der Waals surface area contributed by atoms with Crippen LogP contribution in [0.5, 0.6) is 11.5 Å².